The fraction of sp³-hybridized carbons (Fsp3) is 0.407. The number of sulfone groups is 1. The topological polar surface area (TPSA) is 116 Å². The van der Waals surface area contributed by atoms with E-state index in [1.54, 1.807) is 31.2 Å². The van der Waals surface area contributed by atoms with Crippen LogP contribution in [-0.4, -0.2) is 34.9 Å². The zero-order chi connectivity index (χ0) is 26.9. The van der Waals surface area contributed by atoms with Crippen LogP contribution in [0.3, 0.4) is 0 Å². The normalized spacial score (nSPS) is 16.4. The Morgan fingerprint density at radius 1 is 1.19 bits per heavy atom. The Labute approximate surface area is 222 Å². The van der Waals surface area contributed by atoms with Gasteiger partial charge in [0.2, 0.25) is 5.91 Å². The van der Waals surface area contributed by atoms with E-state index in [9.17, 15) is 18.5 Å². The van der Waals surface area contributed by atoms with E-state index in [-0.39, 0.29) is 35.1 Å². The lowest BCUT2D eigenvalue weighted by Crippen LogP contribution is -2.30. The first-order valence-electron chi connectivity index (χ1n) is 12.3. The van der Waals surface area contributed by atoms with Crippen LogP contribution in [0.2, 0.25) is 0 Å². The number of carbonyl (C=O) groups excluding carboxylic acids is 1. The van der Waals surface area contributed by atoms with E-state index in [1.165, 1.54) is 11.3 Å². The smallest absolute Gasteiger partial charge is 0.230 e. The standard InChI is InChI=1S/C27H31N5O3S2/c1-6-37(34,35)21-10-7-19(8-11-21)13-24(33)30-27-31-25-23(36-27)15-32(26(25)16(2)3)18(5)22-12-9-20(14-28)17(4)29-22/h7-12,16,18,26H,6,13,15H2,1-5H3,(H,30,31,33)/t18-,26-/m0/s1. The fourth-order valence-corrected chi connectivity index (χ4v) is 6.60. The first-order valence-corrected chi connectivity index (χ1v) is 14.8. The maximum atomic E-state index is 12.7. The summed E-state index contributed by atoms with van der Waals surface area (Å²) in [4.78, 5) is 26.0. The second kappa shape index (κ2) is 10.7. The van der Waals surface area contributed by atoms with Crippen molar-refractivity contribution in [3.63, 3.8) is 0 Å². The summed E-state index contributed by atoms with van der Waals surface area (Å²) < 4.78 is 24.0. The Bertz CT molecular complexity index is 1460. The molecule has 2 aromatic heterocycles. The monoisotopic (exact) mass is 537 g/mol. The van der Waals surface area contributed by atoms with Crippen LogP contribution in [0, 0.1) is 24.2 Å². The van der Waals surface area contributed by atoms with Crippen molar-refractivity contribution in [1.29, 1.82) is 5.26 Å². The largest absolute Gasteiger partial charge is 0.302 e. The Balaban J connectivity index is 1.46. The number of carbonyl (C=O) groups is 1. The Kier molecular flexibility index (Phi) is 7.78. The molecule has 0 saturated heterocycles. The minimum atomic E-state index is -3.27. The van der Waals surface area contributed by atoms with Crippen LogP contribution in [0.4, 0.5) is 5.13 Å². The van der Waals surface area contributed by atoms with Gasteiger partial charge in [-0.05, 0) is 49.6 Å². The summed E-state index contributed by atoms with van der Waals surface area (Å²) in [7, 11) is -3.27. The number of aryl methyl sites for hydroxylation is 1. The molecule has 1 aliphatic heterocycles. The number of fused-ring (bicyclic) bond motifs is 1. The van der Waals surface area contributed by atoms with Crippen molar-refractivity contribution in [2.45, 2.75) is 64.6 Å². The summed E-state index contributed by atoms with van der Waals surface area (Å²) in [5.74, 6) is 0.146. The molecule has 1 amide bonds. The zero-order valence-electron chi connectivity index (χ0n) is 21.6. The van der Waals surface area contributed by atoms with Crippen LogP contribution in [-0.2, 0) is 27.6 Å². The van der Waals surface area contributed by atoms with Gasteiger partial charge in [-0.15, -0.1) is 11.3 Å². The van der Waals surface area contributed by atoms with Crippen molar-refractivity contribution >= 4 is 32.2 Å². The third-order valence-corrected chi connectivity index (χ3v) is 9.47. The number of amides is 1. The van der Waals surface area contributed by atoms with E-state index < -0.39 is 9.84 Å². The van der Waals surface area contributed by atoms with E-state index in [0.717, 1.165) is 27.5 Å². The molecule has 0 unspecified atom stereocenters. The number of pyridine rings is 1. The number of nitrogens with one attached hydrogen (secondary N) is 1. The lowest BCUT2D eigenvalue weighted by Gasteiger charge is -2.32. The molecule has 8 nitrogen and oxygen atoms in total. The molecule has 0 spiro atoms. The SMILES string of the molecule is CCS(=O)(=O)c1ccc(CC(=O)Nc2nc3c(s2)CN([C@@H](C)c2ccc(C#N)c(C)n2)[C@H]3C(C)C)cc1. The number of nitriles is 1. The number of hydrogen-bond acceptors (Lipinski definition) is 8. The van der Waals surface area contributed by atoms with E-state index in [1.807, 2.05) is 19.1 Å². The number of aromatic nitrogens is 2. The lowest BCUT2D eigenvalue weighted by molar-refractivity contribution is -0.115. The Morgan fingerprint density at radius 2 is 1.89 bits per heavy atom. The van der Waals surface area contributed by atoms with Crippen LogP contribution < -0.4 is 5.32 Å². The van der Waals surface area contributed by atoms with Gasteiger partial charge in [-0.2, -0.15) is 5.26 Å². The third kappa shape index (κ3) is 5.59. The average molecular weight is 538 g/mol. The van der Waals surface area contributed by atoms with Gasteiger partial charge in [-0.25, -0.2) is 13.4 Å². The predicted octanol–water partition coefficient (Wildman–Crippen LogP) is 4.97. The summed E-state index contributed by atoms with van der Waals surface area (Å²) in [6.45, 7) is 10.6. The molecule has 37 heavy (non-hydrogen) atoms. The molecule has 0 bridgehead atoms. The van der Waals surface area contributed by atoms with Gasteiger partial charge < -0.3 is 5.32 Å². The second-order valence-corrected chi connectivity index (χ2v) is 13.0. The van der Waals surface area contributed by atoms with Crippen molar-refractivity contribution in [3.05, 3.63) is 69.5 Å². The summed E-state index contributed by atoms with van der Waals surface area (Å²) in [6, 6.07) is 12.5. The highest BCUT2D eigenvalue weighted by molar-refractivity contribution is 7.91. The van der Waals surface area contributed by atoms with Crippen LogP contribution in [0.1, 0.15) is 72.9 Å². The zero-order valence-corrected chi connectivity index (χ0v) is 23.3. The van der Waals surface area contributed by atoms with Gasteiger partial charge in [0.25, 0.3) is 0 Å². The number of benzene rings is 1. The highest BCUT2D eigenvalue weighted by Crippen LogP contribution is 2.46. The minimum absolute atomic E-state index is 0.0396. The highest BCUT2D eigenvalue weighted by Gasteiger charge is 2.39. The molecular weight excluding hydrogens is 506 g/mol. The summed E-state index contributed by atoms with van der Waals surface area (Å²) in [6.07, 6.45) is 0.136. The van der Waals surface area contributed by atoms with Gasteiger partial charge in [-0.1, -0.05) is 32.9 Å². The van der Waals surface area contributed by atoms with Gasteiger partial charge in [0.1, 0.15) is 6.07 Å². The Hall–Kier alpha value is -3.13. The van der Waals surface area contributed by atoms with E-state index in [0.29, 0.717) is 23.2 Å². The lowest BCUT2D eigenvalue weighted by atomic mass is 9.99. The maximum Gasteiger partial charge on any atom is 0.230 e. The molecule has 194 valence electrons. The quantitative estimate of drug-likeness (QED) is 0.431. The molecule has 0 radical (unpaired) electrons. The van der Waals surface area contributed by atoms with Gasteiger partial charge in [0, 0.05) is 11.4 Å². The van der Waals surface area contributed by atoms with Gasteiger partial charge in [0.05, 0.1) is 51.8 Å². The minimum Gasteiger partial charge on any atom is -0.302 e. The molecule has 2 atom stereocenters. The Morgan fingerprint density at radius 3 is 2.49 bits per heavy atom. The molecule has 0 aliphatic carbocycles. The molecule has 3 aromatic rings. The molecule has 0 saturated carbocycles. The molecule has 1 aromatic carbocycles. The van der Waals surface area contributed by atoms with Crippen LogP contribution in [0.5, 0.6) is 0 Å². The second-order valence-electron chi connectivity index (χ2n) is 9.62. The van der Waals surface area contributed by atoms with Crippen LogP contribution in [0.25, 0.3) is 0 Å². The van der Waals surface area contributed by atoms with E-state index in [4.69, 9.17) is 4.98 Å². The molecular formula is C27H31N5O3S2. The van der Waals surface area contributed by atoms with Crippen molar-refractivity contribution in [2.75, 3.05) is 11.1 Å². The number of thiazole rings is 1. The van der Waals surface area contributed by atoms with Crippen LogP contribution in [0.15, 0.2) is 41.3 Å². The third-order valence-electron chi connectivity index (χ3n) is 6.75. The number of nitrogens with zero attached hydrogens (tertiary/aromatic N) is 4. The summed E-state index contributed by atoms with van der Waals surface area (Å²) in [5, 5.41) is 12.7. The average Bonchev–Trinajstić information content (AvgIpc) is 3.40. The molecule has 1 N–H and O–H groups in total. The summed E-state index contributed by atoms with van der Waals surface area (Å²) in [5.41, 5.74) is 3.96. The predicted molar refractivity (Wildman–Crippen MR) is 144 cm³/mol. The molecule has 3 heterocycles. The van der Waals surface area contributed by atoms with E-state index >= 15 is 0 Å². The number of anilines is 1. The summed E-state index contributed by atoms with van der Waals surface area (Å²) >= 11 is 1.49. The molecule has 0 fully saturated rings. The van der Waals surface area contributed by atoms with Crippen LogP contribution >= 0.6 is 11.3 Å². The van der Waals surface area contributed by atoms with Gasteiger partial charge in [-0.3, -0.25) is 14.7 Å². The first kappa shape index (κ1) is 26.9. The molecule has 4 rings (SSSR count). The van der Waals surface area contributed by atoms with Crippen molar-refractivity contribution in [2.24, 2.45) is 5.92 Å². The van der Waals surface area contributed by atoms with Gasteiger partial charge >= 0.3 is 0 Å². The number of hydrogen-bond donors (Lipinski definition) is 1. The van der Waals surface area contributed by atoms with E-state index in [2.05, 4.69) is 42.0 Å². The van der Waals surface area contributed by atoms with Gasteiger partial charge in [0.15, 0.2) is 15.0 Å². The number of rotatable bonds is 8. The molecule has 1 aliphatic rings. The first-order chi connectivity index (χ1) is 17.5. The van der Waals surface area contributed by atoms with Crippen molar-refractivity contribution in [3.8, 4) is 6.07 Å². The van der Waals surface area contributed by atoms with Crippen molar-refractivity contribution < 1.29 is 13.2 Å². The molecule has 10 heteroatoms. The fourth-order valence-electron chi connectivity index (χ4n) is 4.69. The maximum absolute atomic E-state index is 12.7. The van der Waals surface area contributed by atoms with Crippen molar-refractivity contribution in [1.82, 2.24) is 14.9 Å². The highest BCUT2D eigenvalue weighted by atomic mass is 32.2.